The Kier molecular flexibility index (Phi) is 1.45. The molecule has 2 aromatic rings. The Hall–Kier alpha value is -1.70. The van der Waals surface area contributed by atoms with E-state index >= 15 is 0 Å². The first kappa shape index (κ1) is 7.68. The van der Waals surface area contributed by atoms with Crippen molar-refractivity contribution in [2.24, 2.45) is 0 Å². The van der Waals surface area contributed by atoms with Gasteiger partial charge in [0.2, 0.25) is 6.79 Å². The maximum absolute atomic E-state index is 5.44. The number of rotatable bonds is 0. The average molecular weight is 186 g/mol. The van der Waals surface area contributed by atoms with Crippen LogP contribution in [0, 0.1) is 6.92 Å². The van der Waals surface area contributed by atoms with E-state index in [1.807, 2.05) is 18.2 Å². The monoisotopic (exact) mass is 186 g/mol. The smallest absolute Gasteiger partial charge is 0.231 e. The minimum Gasteiger partial charge on any atom is -0.454 e. The first-order valence-corrected chi connectivity index (χ1v) is 4.64. The number of hydrogen-bond acceptors (Lipinski definition) is 2. The minimum absolute atomic E-state index is 0.336. The SMILES string of the molecule is Cc1cc2c(c3ccccc13)OCO2. The van der Waals surface area contributed by atoms with Gasteiger partial charge in [-0.1, -0.05) is 24.3 Å². The highest BCUT2D eigenvalue weighted by Crippen LogP contribution is 2.40. The molecule has 0 radical (unpaired) electrons. The summed E-state index contributed by atoms with van der Waals surface area (Å²) in [5.41, 5.74) is 1.23. The molecule has 0 unspecified atom stereocenters. The third kappa shape index (κ3) is 0.909. The molecule has 2 nitrogen and oxygen atoms in total. The van der Waals surface area contributed by atoms with Gasteiger partial charge in [-0.05, 0) is 23.9 Å². The number of benzene rings is 2. The van der Waals surface area contributed by atoms with Crippen molar-refractivity contribution in [2.75, 3.05) is 6.79 Å². The molecule has 1 heterocycles. The summed E-state index contributed by atoms with van der Waals surface area (Å²) in [6.07, 6.45) is 0. The second kappa shape index (κ2) is 2.64. The van der Waals surface area contributed by atoms with E-state index in [-0.39, 0.29) is 0 Å². The van der Waals surface area contributed by atoms with E-state index in [0.29, 0.717) is 6.79 Å². The van der Waals surface area contributed by atoms with Crippen LogP contribution in [0.3, 0.4) is 0 Å². The van der Waals surface area contributed by atoms with Crippen molar-refractivity contribution < 1.29 is 9.47 Å². The normalized spacial score (nSPS) is 13.5. The summed E-state index contributed by atoms with van der Waals surface area (Å²) in [5.74, 6) is 1.74. The Balaban J connectivity index is 2.47. The van der Waals surface area contributed by atoms with Gasteiger partial charge in [0, 0.05) is 5.39 Å². The Morgan fingerprint density at radius 1 is 1.07 bits per heavy atom. The average Bonchev–Trinajstić information content (AvgIpc) is 2.66. The Morgan fingerprint density at radius 3 is 2.71 bits per heavy atom. The number of ether oxygens (including phenoxy) is 2. The molecule has 0 fully saturated rings. The molecule has 0 atom stereocenters. The molecule has 14 heavy (non-hydrogen) atoms. The van der Waals surface area contributed by atoms with Gasteiger partial charge in [0.15, 0.2) is 11.5 Å². The molecular formula is C12H10O2. The Labute approximate surface area is 82.1 Å². The van der Waals surface area contributed by atoms with Crippen molar-refractivity contribution in [3.05, 3.63) is 35.9 Å². The number of hydrogen-bond donors (Lipinski definition) is 0. The quantitative estimate of drug-likeness (QED) is 0.629. The first-order chi connectivity index (χ1) is 6.86. The molecular weight excluding hydrogens is 176 g/mol. The number of fused-ring (bicyclic) bond motifs is 3. The second-order valence-corrected chi connectivity index (χ2v) is 3.47. The third-order valence-electron chi connectivity index (χ3n) is 2.59. The van der Waals surface area contributed by atoms with Crippen molar-refractivity contribution in [1.82, 2.24) is 0 Å². The molecule has 0 bridgehead atoms. The maximum Gasteiger partial charge on any atom is 0.231 e. The molecule has 0 saturated carbocycles. The maximum atomic E-state index is 5.44. The highest BCUT2D eigenvalue weighted by Gasteiger charge is 2.17. The lowest BCUT2D eigenvalue weighted by atomic mass is 10.0. The first-order valence-electron chi connectivity index (χ1n) is 4.64. The van der Waals surface area contributed by atoms with Gasteiger partial charge in [0.1, 0.15) is 0 Å². The van der Waals surface area contributed by atoms with Gasteiger partial charge in [-0.3, -0.25) is 0 Å². The standard InChI is InChI=1S/C12H10O2/c1-8-6-11-12(14-7-13-11)10-5-3-2-4-9(8)10/h2-6H,7H2,1H3. The topological polar surface area (TPSA) is 18.5 Å². The van der Waals surface area contributed by atoms with Crippen LogP contribution < -0.4 is 9.47 Å². The molecule has 2 heteroatoms. The van der Waals surface area contributed by atoms with E-state index < -0.39 is 0 Å². The lowest BCUT2D eigenvalue weighted by molar-refractivity contribution is 0.175. The summed E-state index contributed by atoms with van der Waals surface area (Å²) in [6.45, 7) is 2.42. The molecule has 70 valence electrons. The zero-order chi connectivity index (χ0) is 9.54. The fourth-order valence-electron chi connectivity index (χ4n) is 1.91. The fraction of sp³-hybridized carbons (Fsp3) is 0.167. The van der Waals surface area contributed by atoms with Crippen LogP contribution in [0.2, 0.25) is 0 Å². The molecule has 1 aliphatic rings. The summed E-state index contributed by atoms with van der Waals surface area (Å²) in [7, 11) is 0. The summed E-state index contributed by atoms with van der Waals surface area (Å²) in [6, 6.07) is 10.3. The van der Waals surface area contributed by atoms with E-state index in [2.05, 4.69) is 19.1 Å². The summed E-state index contributed by atoms with van der Waals surface area (Å²) < 4.78 is 10.8. The molecule has 1 aliphatic heterocycles. The largest absolute Gasteiger partial charge is 0.454 e. The molecule has 0 aromatic heterocycles. The predicted molar refractivity (Wildman–Crippen MR) is 54.8 cm³/mol. The molecule has 0 saturated heterocycles. The van der Waals surface area contributed by atoms with Crippen LogP contribution in [0.4, 0.5) is 0 Å². The summed E-state index contributed by atoms with van der Waals surface area (Å²) >= 11 is 0. The molecule has 0 amide bonds. The summed E-state index contributed by atoms with van der Waals surface area (Å²) in [4.78, 5) is 0. The van der Waals surface area contributed by atoms with E-state index in [0.717, 1.165) is 16.9 Å². The van der Waals surface area contributed by atoms with Crippen molar-refractivity contribution in [2.45, 2.75) is 6.92 Å². The van der Waals surface area contributed by atoms with Crippen molar-refractivity contribution in [1.29, 1.82) is 0 Å². The van der Waals surface area contributed by atoms with Crippen LogP contribution in [0.15, 0.2) is 30.3 Å². The Morgan fingerprint density at radius 2 is 1.86 bits per heavy atom. The van der Waals surface area contributed by atoms with Crippen LogP contribution in [0.5, 0.6) is 11.5 Å². The predicted octanol–water partition coefficient (Wildman–Crippen LogP) is 2.88. The van der Waals surface area contributed by atoms with Gasteiger partial charge in [-0.15, -0.1) is 0 Å². The van der Waals surface area contributed by atoms with Crippen LogP contribution in [-0.4, -0.2) is 6.79 Å². The highest BCUT2D eigenvalue weighted by atomic mass is 16.7. The van der Waals surface area contributed by atoms with Crippen LogP contribution in [0.25, 0.3) is 10.8 Å². The lowest BCUT2D eigenvalue weighted by Gasteiger charge is -2.05. The van der Waals surface area contributed by atoms with Crippen LogP contribution >= 0.6 is 0 Å². The molecule has 0 aliphatic carbocycles. The third-order valence-corrected chi connectivity index (χ3v) is 2.59. The van der Waals surface area contributed by atoms with Crippen LogP contribution in [0.1, 0.15) is 5.56 Å². The zero-order valence-corrected chi connectivity index (χ0v) is 7.91. The van der Waals surface area contributed by atoms with Crippen LogP contribution in [-0.2, 0) is 0 Å². The van der Waals surface area contributed by atoms with Crippen molar-refractivity contribution in [3.63, 3.8) is 0 Å². The van der Waals surface area contributed by atoms with E-state index in [9.17, 15) is 0 Å². The number of aryl methyl sites for hydroxylation is 1. The van der Waals surface area contributed by atoms with E-state index in [4.69, 9.17) is 9.47 Å². The molecule has 3 rings (SSSR count). The lowest BCUT2D eigenvalue weighted by Crippen LogP contribution is -1.93. The van der Waals surface area contributed by atoms with Gasteiger partial charge in [0.25, 0.3) is 0 Å². The Bertz CT molecular complexity index is 503. The second-order valence-electron chi connectivity index (χ2n) is 3.47. The molecule has 2 aromatic carbocycles. The van der Waals surface area contributed by atoms with Crippen molar-refractivity contribution in [3.8, 4) is 11.5 Å². The molecule has 0 N–H and O–H groups in total. The highest BCUT2D eigenvalue weighted by molar-refractivity contribution is 5.93. The van der Waals surface area contributed by atoms with Gasteiger partial charge >= 0.3 is 0 Å². The van der Waals surface area contributed by atoms with Gasteiger partial charge < -0.3 is 9.47 Å². The zero-order valence-electron chi connectivity index (χ0n) is 7.91. The summed E-state index contributed by atoms with van der Waals surface area (Å²) in [5, 5.41) is 2.37. The van der Waals surface area contributed by atoms with Gasteiger partial charge in [-0.2, -0.15) is 0 Å². The van der Waals surface area contributed by atoms with Crippen molar-refractivity contribution >= 4 is 10.8 Å². The van der Waals surface area contributed by atoms with Gasteiger partial charge in [0.05, 0.1) is 0 Å². The molecule has 0 spiro atoms. The fourth-order valence-corrected chi connectivity index (χ4v) is 1.91. The minimum atomic E-state index is 0.336. The van der Waals surface area contributed by atoms with Gasteiger partial charge in [-0.25, -0.2) is 0 Å². The van der Waals surface area contributed by atoms with E-state index in [1.165, 1.54) is 10.9 Å². The van der Waals surface area contributed by atoms with E-state index in [1.54, 1.807) is 0 Å².